The quantitative estimate of drug-likeness (QED) is 0.681. The lowest BCUT2D eigenvalue weighted by atomic mass is 10.1. The van der Waals surface area contributed by atoms with Gasteiger partial charge in [-0.25, -0.2) is 0 Å². The van der Waals surface area contributed by atoms with Gasteiger partial charge in [0.1, 0.15) is 0 Å². The van der Waals surface area contributed by atoms with Crippen LogP contribution < -0.4 is 25.3 Å². The Kier molecular flexibility index (Phi) is 6.32. The molecule has 0 bridgehead atoms. The van der Waals surface area contributed by atoms with Gasteiger partial charge in [0.05, 0.1) is 21.3 Å². The molecule has 102 valence electrons. The molecular formula is C13H22N2O3. The van der Waals surface area contributed by atoms with Crippen molar-refractivity contribution in [2.75, 3.05) is 34.4 Å². The summed E-state index contributed by atoms with van der Waals surface area (Å²) in [6, 6.07) is 3.88. The lowest BCUT2D eigenvalue weighted by Gasteiger charge is -2.14. The van der Waals surface area contributed by atoms with Gasteiger partial charge >= 0.3 is 0 Å². The Labute approximate surface area is 108 Å². The number of hydrogen-bond donors (Lipinski definition) is 2. The summed E-state index contributed by atoms with van der Waals surface area (Å²) in [5, 5.41) is 3.31. The smallest absolute Gasteiger partial charge is 0.203 e. The van der Waals surface area contributed by atoms with Crippen LogP contribution in [0.4, 0.5) is 0 Å². The Hall–Kier alpha value is -1.46. The molecule has 0 radical (unpaired) electrons. The average Bonchev–Trinajstić information content (AvgIpc) is 2.42. The lowest BCUT2D eigenvalue weighted by molar-refractivity contribution is 0.323. The summed E-state index contributed by atoms with van der Waals surface area (Å²) in [5.74, 6) is 1.96. The van der Waals surface area contributed by atoms with Crippen LogP contribution in [-0.4, -0.2) is 34.4 Å². The zero-order chi connectivity index (χ0) is 13.4. The Morgan fingerprint density at radius 3 is 2.11 bits per heavy atom. The van der Waals surface area contributed by atoms with E-state index in [-0.39, 0.29) is 0 Å². The Morgan fingerprint density at radius 1 is 1.06 bits per heavy atom. The Balaban J connectivity index is 2.80. The topological polar surface area (TPSA) is 65.7 Å². The van der Waals surface area contributed by atoms with E-state index in [4.69, 9.17) is 19.9 Å². The lowest BCUT2D eigenvalue weighted by Crippen LogP contribution is -2.17. The first-order valence-corrected chi connectivity index (χ1v) is 5.96. The van der Waals surface area contributed by atoms with Crippen LogP contribution in [0.2, 0.25) is 0 Å². The van der Waals surface area contributed by atoms with Crippen LogP contribution in [-0.2, 0) is 6.54 Å². The number of ether oxygens (including phenoxy) is 3. The number of rotatable bonds is 8. The zero-order valence-corrected chi connectivity index (χ0v) is 11.3. The number of methoxy groups -OCH3 is 3. The fourth-order valence-corrected chi connectivity index (χ4v) is 1.70. The van der Waals surface area contributed by atoms with Crippen LogP contribution >= 0.6 is 0 Å². The van der Waals surface area contributed by atoms with Crippen LogP contribution in [0.15, 0.2) is 12.1 Å². The number of benzene rings is 1. The van der Waals surface area contributed by atoms with Gasteiger partial charge in [0.25, 0.3) is 0 Å². The molecule has 0 aromatic heterocycles. The molecule has 0 fully saturated rings. The summed E-state index contributed by atoms with van der Waals surface area (Å²) in [6.07, 6.45) is 0.963. The van der Waals surface area contributed by atoms with Gasteiger partial charge in [-0.2, -0.15) is 0 Å². The second kappa shape index (κ2) is 7.79. The minimum absolute atomic E-state index is 0.616. The predicted molar refractivity (Wildman–Crippen MR) is 71.5 cm³/mol. The van der Waals surface area contributed by atoms with Crippen LogP contribution in [0.25, 0.3) is 0 Å². The van der Waals surface area contributed by atoms with Crippen molar-refractivity contribution >= 4 is 0 Å². The molecule has 0 saturated heterocycles. The molecule has 0 unspecified atom stereocenters. The summed E-state index contributed by atoms with van der Waals surface area (Å²) in [4.78, 5) is 0. The third-order valence-corrected chi connectivity index (χ3v) is 2.61. The fraction of sp³-hybridized carbons (Fsp3) is 0.538. The predicted octanol–water partition coefficient (Wildman–Crippen LogP) is 1.15. The molecule has 0 aliphatic heterocycles. The molecule has 5 nitrogen and oxygen atoms in total. The van der Waals surface area contributed by atoms with E-state index in [2.05, 4.69) is 5.32 Å². The maximum atomic E-state index is 5.44. The van der Waals surface area contributed by atoms with Crippen molar-refractivity contribution in [3.8, 4) is 17.2 Å². The molecule has 0 saturated carbocycles. The summed E-state index contributed by atoms with van der Waals surface area (Å²) >= 11 is 0. The second-order valence-corrected chi connectivity index (χ2v) is 3.85. The molecule has 3 N–H and O–H groups in total. The summed E-state index contributed by atoms with van der Waals surface area (Å²) < 4.78 is 15.9. The number of nitrogens with one attached hydrogen (secondary N) is 1. The molecular weight excluding hydrogens is 232 g/mol. The van der Waals surface area contributed by atoms with Gasteiger partial charge < -0.3 is 25.3 Å². The monoisotopic (exact) mass is 254 g/mol. The van der Waals surface area contributed by atoms with Gasteiger partial charge in [0, 0.05) is 6.54 Å². The molecule has 0 heterocycles. The van der Waals surface area contributed by atoms with E-state index in [0.29, 0.717) is 23.8 Å². The van der Waals surface area contributed by atoms with Crippen molar-refractivity contribution in [1.29, 1.82) is 0 Å². The van der Waals surface area contributed by atoms with Gasteiger partial charge in [-0.3, -0.25) is 0 Å². The molecule has 0 spiro atoms. The average molecular weight is 254 g/mol. The SMILES string of the molecule is COc1cc(CNCCCN)cc(OC)c1OC. The highest BCUT2D eigenvalue weighted by Gasteiger charge is 2.12. The van der Waals surface area contributed by atoms with Gasteiger partial charge in [0.15, 0.2) is 11.5 Å². The first-order valence-electron chi connectivity index (χ1n) is 5.96. The van der Waals surface area contributed by atoms with E-state index in [0.717, 1.165) is 25.1 Å². The largest absolute Gasteiger partial charge is 0.493 e. The van der Waals surface area contributed by atoms with Gasteiger partial charge in [-0.1, -0.05) is 0 Å². The molecule has 0 amide bonds. The number of nitrogens with two attached hydrogens (primary N) is 1. The maximum absolute atomic E-state index is 5.44. The highest BCUT2D eigenvalue weighted by Crippen LogP contribution is 2.38. The van der Waals surface area contributed by atoms with E-state index in [1.54, 1.807) is 21.3 Å². The van der Waals surface area contributed by atoms with Crippen LogP contribution in [0.1, 0.15) is 12.0 Å². The third kappa shape index (κ3) is 3.78. The van der Waals surface area contributed by atoms with E-state index in [1.807, 2.05) is 12.1 Å². The van der Waals surface area contributed by atoms with Crippen molar-refractivity contribution < 1.29 is 14.2 Å². The van der Waals surface area contributed by atoms with Gasteiger partial charge in [-0.15, -0.1) is 0 Å². The van der Waals surface area contributed by atoms with Crippen molar-refractivity contribution in [2.24, 2.45) is 5.73 Å². The Bertz CT molecular complexity index is 344. The van der Waals surface area contributed by atoms with E-state index in [1.165, 1.54) is 0 Å². The second-order valence-electron chi connectivity index (χ2n) is 3.85. The Morgan fingerprint density at radius 2 is 1.67 bits per heavy atom. The zero-order valence-electron chi connectivity index (χ0n) is 11.3. The summed E-state index contributed by atoms with van der Waals surface area (Å²) in [6.45, 7) is 2.34. The fourth-order valence-electron chi connectivity index (χ4n) is 1.70. The molecule has 1 rings (SSSR count). The summed E-state index contributed by atoms with van der Waals surface area (Å²) in [5.41, 5.74) is 6.53. The van der Waals surface area contributed by atoms with Crippen LogP contribution in [0, 0.1) is 0 Å². The molecule has 0 atom stereocenters. The molecule has 18 heavy (non-hydrogen) atoms. The highest BCUT2D eigenvalue weighted by atomic mass is 16.5. The minimum Gasteiger partial charge on any atom is -0.493 e. The molecule has 0 aliphatic rings. The van der Waals surface area contributed by atoms with Gasteiger partial charge in [0.2, 0.25) is 5.75 Å². The van der Waals surface area contributed by atoms with Crippen molar-refractivity contribution in [3.05, 3.63) is 17.7 Å². The van der Waals surface area contributed by atoms with Crippen LogP contribution in [0.3, 0.4) is 0 Å². The molecule has 0 aliphatic carbocycles. The van der Waals surface area contributed by atoms with Crippen molar-refractivity contribution in [3.63, 3.8) is 0 Å². The normalized spacial score (nSPS) is 10.2. The van der Waals surface area contributed by atoms with Crippen molar-refractivity contribution in [2.45, 2.75) is 13.0 Å². The minimum atomic E-state index is 0.616. The van der Waals surface area contributed by atoms with E-state index in [9.17, 15) is 0 Å². The molecule has 5 heteroatoms. The van der Waals surface area contributed by atoms with E-state index < -0.39 is 0 Å². The van der Waals surface area contributed by atoms with Crippen molar-refractivity contribution in [1.82, 2.24) is 5.32 Å². The van der Waals surface area contributed by atoms with Crippen LogP contribution in [0.5, 0.6) is 17.2 Å². The third-order valence-electron chi connectivity index (χ3n) is 2.61. The number of hydrogen-bond acceptors (Lipinski definition) is 5. The maximum Gasteiger partial charge on any atom is 0.203 e. The van der Waals surface area contributed by atoms with E-state index >= 15 is 0 Å². The standard InChI is InChI=1S/C13H22N2O3/c1-16-11-7-10(9-15-6-4-5-14)8-12(17-2)13(11)18-3/h7-8,15H,4-6,9,14H2,1-3H3. The van der Waals surface area contributed by atoms with Gasteiger partial charge in [-0.05, 0) is 37.2 Å². The molecule has 1 aromatic rings. The first-order chi connectivity index (χ1) is 8.76. The summed E-state index contributed by atoms with van der Waals surface area (Å²) in [7, 11) is 4.82. The molecule has 1 aromatic carbocycles. The highest BCUT2D eigenvalue weighted by molar-refractivity contribution is 5.53. The first kappa shape index (κ1) is 14.6.